The molecule has 0 aromatic heterocycles. The van der Waals surface area contributed by atoms with Gasteiger partial charge < -0.3 is 15.0 Å². The van der Waals surface area contributed by atoms with E-state index in [1.54, 1.807) is 0 Å². The summed E-state index contributed by atoms with van der Waals surface area (Å²) in [5, 5.41) is 5.93. The molecule has 2 aliphatic heterocycles. The van der Waals surface area contributed by atoms with Crippen LogP contribution in [-0.4, -0.2) is 12.8 Å². The van der Waals surface area contributed by atoms with E-state index < -0.39 is 5.72 Å². The second-order valence-electron chi connectivity index (χ2n) is 8.09. The summed E-state index contributed by atoms with van der Waals surface area (Å²) >= 11 is 0. The van der Waals surface area contributed by atoms with Gasteiger partial charge in [-0.25, -0.2) is 0 Å². The molecule has 0 aliphatic carbocycles. The first-order valence-corrected chi connectivity index (χ1v) is 9.45. The van der Waals surface area contributed by atoms with E-state index in [0.29, 0.717) is 0 Å². The Labute approximate surface area is 160 Å². The number of hydrogen-bond acceptors (Lipinski definition) is 3. The summed E-state index contributed by atoms with van der Waals surface area (Å²) in [5.74, 6) is 0.893. The Morgan fingerprint density at radius 2 is 1.67 bits per heavy atom. The van der Waals surface area contributed by atoms with Gasteiger partial charge in [0.15, 0.2) is 0 Å². The van der Waals surface area contributed by atoms with Crippen molar-refractivity contribution in [3.05, 3.63) is 78.0 Å². The van der Waals surface area contributed by atoms with Gasteiger partial charge in [0.05, 0.1) is 11.1 Å². The molecule has 1 N–H and O–H groups in total. The number of nitrogens with one attached hydrogen (secondary N) is 1. The molecule has 2 aliphatic rings. The molecule has 0 amide bonds. The van der Waals surface area contributed by atoms with Crippen LogP contribution in [-0.2, 0) is 5.41 Å². The summed E-state index contributed by atoms with van der Waals surface area (Å²) in [4.78, 5) is 2.26. The molecule has 0 saturated heterocycles. The lowest BCUT2D eigenvalue weighted by Gasteiger charge is -2.43. The predicted molar refractivity (Wildman–Crippen MR) is 113 cm³/mol. The fraction of sp³-hybridized carbons (Fsp3) is 0.250. The van der Waals surface area contributed by atoms with E-state index in [2.05, 4.69) is 98.7 Å². The number of benzene rings is 3. The maximum Gasteiger partial charge on any atom is 0.213 e. The molecule has 5 rings (SSSR count). The molecule has 0 fully saturated rings. The molecular weight excluding hydrogens is 332 g/mol. The summed E-state index contributed by atoms with van der Waals surface area (Å²) < 4.78 is 6.88. The van der Waals surface area contributed by atoms with Crippen LogP contribution in [0.25, 0.3) is 10.8 Å². The molecule has 0 radical (unpaired) electrons. The van der Waals surface area contributed by atoms with Crippen LogP contribution in [0.4, 0.5) is 11.4 Å². The van der Waals surface area contributed by atoms with Gasteiger partial charge in [0.2, 0.25) is 5.72 Å². The highest BCUT2D eigenvalue weighted by Crippen LogP contribution is 2.54. The third kappa shape index (κ3) is 1.97. The summed E-state index contributed by atoms with van der Waals surface area (Å²) in [5.41, 5.74) is 3.97. The Morgan fingerprint density at radius 1 is 0.963 bits per heavy atom. The van der Waals surface area contributed by atoms with Crippen LogP contribution < -0.4 is 15.0 Å². The maximum absolute atomic E-state index is 6.88. The van der Waals surface area contributed by atoms with Gasteiger partial charge in [0, 0.05) is 24.3 Å². The summed E-state index contributed by atoms with van der Waals surface area (Å²) in [6.45, 7) is 6.67. The van der Waals surface area contributed by atoms with Crippen molar-refractivity contribution in [1.82, 2.24) is 0 Å². The van der Waals surface area contributed by atoms with E-state index in [9.17, 15) is 0 Å². The van der Waals surface area contributed by atoms with Gasteiger partial charge in [-0.1, -0.05) is 42.5 Å². The van der Waals surface area contributed by atoms with Crippen molar-refractivity contribution >= 4 is 22.1 Å². The number of fused-ring (bicyclic) bond motifs is 4. The molecule has 0 saturated carbocycles. The average Bonchev–Trinajstić information content (AvgIpc) is 2.82. The molecule has 136 valence electrons. The van der Waals surface area contributed by atoms with Crippen LogP contribution in [0.1, 0.15) is 25.0 Å². The molecule has 1 atom stereocenters. The minimum absolute atomic E-state index is 0.211. The van der Waals surface area contributed by atoms with E-state index >= 15 is 0 Å². The first-order chi connectivity index (χ1) is 13.0. The summed E-state index contributed by atoms with van der Waals surface area (Å²) in [6, 6.07) is 19.2. The molecule has 3 aromatic rings. The Kier molecular flexibility index (Phi) is 3.18. The topological polar surface area (TPSA) is 24.5 Å². The highest BCUT2D eigenvalue weighted by Gasteiger charge is 2.57. The van der Waals surface area contributed by atoms with E-state index in [1.165, 1.54) is 27.6 Å². The number of ether oxygens (including phenoxy) is 1. The van der Waals surface area contributed by atoms with Crippen LogP contribution in [0.3, 0.4) is 0 Å². The monoisotopic (exact) mass is 356 g/mol. The number of para-hydroxylation sites is 1. The number of rotatable bonds is 0. The lowest BCUT2D eigenvalue weighted by molar-refractivity contribution is 0.0621. The maximum atomic E-state index is 6.88. The average molecular weight is 356 g/mol. The van der Waals surface area contributed by atoms with E-state index in [0.717, 1.165) is 11.4 Å². The lowest BCUT2D eigenvalue weighted by Crippen LogP contribution is -2.57. The van der Waals surface area contributed by atoms with E-state index in [4.69, 9.17) is 4.74 Å². The lowest BCUT2D eigenvalue weighted by atomic mass is 9.77. The van der Waals surface area contributed by atoms with Crippen molar-refractivity contribution in [3.63, 3.8) is 0 Å². The highest BCUT2D eigenvalue weighted by atomic mass is 16.5. The highest BCUT2D eigenvalue weighted by molar-refractivity contribution is 5.99. The van der Waals surface area contributed by atoms with Gasteiger partial charge >= 0.3 is 0 Å². The molecular formula is C24H24N2O. The van der Waals surface area contributed by atoms with Gasteiger partial charge in [0.25, 0.3) is 0 Å². The second kappa shape index (κ2) is 5.29. The zero-order chi connectivity index (χ0) is 18.8. The van der Waals surface area contributed by atoms with Gasteiger partial charge in [-0.05, 0) is 55.5 Å². The Bertz CT molecular complexity index is 1100. The second-order valence-corrected chi connectivity index (χ2v) is 8.09. The number of anilines is 2. The van der Waals surface area contributed by atoms with Crippen molar-refractivity contribution in [1.29, 1.82) is 0 Å². The van der Waals surface area contributed by atoms with E-state index in [-0.39, 0.29) is 5.41 Å². The standard InChI is InChI=1S/C24H24N2O/c1-16-15-21-22(18-10-6-5-9-17(16)18)25-14-13-24(27-21)23(2,3)19-11-7-8-12-20(19)26(24)4/h5-15,25H,1-4H3. The molecule has 2 heterocycles. The van der Waals surface area contributed by atoms with Crippen molar-refractivity contribution in [2.75, 3.05) is 17.3 Å². The zero-order valence-corrected chi connectivity index (χ0v) is 16.2. The zero-order valence-electron chi connectivity index (χ0n) is 16.2. The number of likely N-dealkylation sites (N-methyl/N-ethyl adjacent to an activating group) is 1. The van der Waals surface area contributed by atoms with Gasteiger partial charge in [-0.3, -0.25) is 0 Å². The first-order valence-electron chi connectivity index (χ1n) is 9.45. The quantitative estimate of drug-likeness (QED) is 0.568. The van der Waals surface area contributed by atoms with Gasteiger partial charge in [0.1, 0.15) is 5.75 Å². The van der Waals surface area contributed by atoms with Crippen LogP contribution in [0.5, 0.6) is 5.75 Å². The Hall–Kier alpha value is -2.94. The SMILES string of the molecule is Cc1cc2c(c3ccccc13)NC=CC1(O2)N(C)c2ccccc2C1(C)C. The normalized spacial score (nSPS) is 22.1. The molecule has 1 spiro atoms. The largest absolute Gasteiger partial charge is 0.461 e. The van der Waals surface area contributed by atoms with Crippen LogP contribution >= 0.6 is 0 Å². The number of aryl methyl sites for hydroxylation is 1. The van der Waals surface area contributed by atoms with Crippen molar-refractivity contribution in [3.8, 4) is 5.75 Å². The van der Waals surface area contributed by atoms with Gasteiger partial charge in [-0.15, -0.1) is 0 Å². The Balaban J connectivity index is 1.74. The summed E-state index contributed by atoms with van der Waals surface area (Å²) in [6.07, 6.45) is 4.20. The molecule has 27 heavy (non-hydrogen) atoms. The number of hydrogen-bond donors (Lipinski definition) is 1. The number of nitrogens with zero attached hydrogens (tertiary/aromatic N) is 1. The molecule has 3 aromatic carbocycles. The third-order valence-corrected chi connectivity index (χ3v) is 6.35. The van der Waals surface area contributed by atoms with Crippen molar-refractivity contribution in [2.24, 2.45) is 0 Å². The summed E-state index contributed by atoms with van der Waals surface area (Å²) in [7, 11) is 2.12. The minimum atomic E-state index is -0.593. The van der Waals surface area contributed by atoms with E-state index in [1.807, 2.05) is 6.20 Å². The van der Waals surface area contributed by atoms with Crippen LogP contribution in [0.2, 0.25) is 0 Å². The predicted octanol–water partition coefficient (Wildman–Crippen LogP) is 5.59. The van der Waals surface area contributed by atoms with Crippen LogP contribution in [0, 0.1) is 6.92 Å². The molecule has 3 nitrogen and oxygen atoms in total. The molecule has 3 heteroatoms. The first kappa shape index (κ1) is 16.2. The third-order valence-electron chi connectivity index (χ3n) is 6.35. The van der Waals surface area contributed by atoms with Crippen LogP contribution in [0.15, 0.2) is 66.9 Å². The molecule has 0 bridgehead atoms. The smallest absolute Gasteiger partial charge is 0.213 e. The Morgan fingerprint density at radius 3 is 2.44 bits per heavy atom. The van der Waals surface area contributed by atoms with Crippen molar-refractivity contribution < 1.29 is 4.74 Å². The fourth-order valence-corrected chi connectivity index (χ4v) is 4.80. The van der Waals surface area contributed by atoms with Gasteiger partial charge in [-0.2, -0.15) is 0 Å². The fourth-order valence-electron chi connectivity index (χ4n) is 4.80. The molecule has 1 unspecified atom stereocenters. The minimum Gasteiger partial charge on any atom is -0.461 e. The van der Waals surface area contributed by atoms with Crippen molar-refractivity contribution in [2.45, 2.75) is 31.9 Å².